The smallest absolute Gasteiger partial charge is 0.321 e. The van der Waals surface area contributed by atoms with Gasteiger partial charge in [0, 0.05) is 25.6 Å². The standard InChI is InChI=1S/C19H22N6O5S/c1-13-21-16(12-30-13)14-3-5-15(6-4-14)31(26,27)20-11-17-22-18(24-19(23-17)28-2)25-7-9-29-10-8-25/h3-6,12,20H,7-11H2,1-2H3. The zero-order valence-electron chi connectivity index (χ0n) is 17.1. The van der Waals surface area contributed by atoms with Crippen molar-refractivity contribution in [2.45, 2.75) is 18.4 Å². The Hall–Kier alpha value is -3.09. The summed E-state index contributed by atoms with van der Waals surface area (Å²) in [6.07, 6.45) is 1.53. The van der Waals surface area contributed by atoms with Gasteiger partial charge in [-0.05, 0) is 12.1 Å². The van der Waals surface area contributed by atoms with Crippen LogP contribution in [0.5, 0.6) is 6.01 Å². The minimum atomic E-state index is -3.78. The molecule has 1 aliphatic heterocycles. The van der Waals surface area contributed by atoms with Gasteiger partial charge in [0.2, 0.25) is 16.0 Å². The number of aryl methyl sites for hydroxylation is 1. The van der Waals surface area contributed by atoms with Crippen molar-refractivity contribution in [1.29, 1.82) is 0 Å². The summed E-state index contributed by atoms with van der Waals surface area (Å²) in [7, 11) is -2.33. The van der Waals surface area contributed by atoms with E-state index in [2.05, 4.69) is 24.7 Å². The van der Waals surface area contributed by atoms with Crippen LogP contribution in [0.2, 0.25) is 0 Å². The molecule has 0 atom stereocenters. The number of nitrogens with zero attached hydrogens (tertiary/aromatic N) is 5. The minimum absolute atomic E-state index is 0.108. The number of benzene rings is 1. The lowest BCUT2D eigenvalue weighted by Gasteiger charge is -2.26. The lowest BCUT2D eigenvalue weighted by Crippen LogP contribution is -2.37. The Morgan fingerprint density at radius 3 is 2.48 bits per heavy atom. The van der Waals surface area contributed by atoms with Gasteiger partial charge in [-0.3, -0.25) is 0 Å². The van der Waals surface area contributed by atoms with Crippen molar-refractivity contribution in [3.8, 4) is 17.3 Å². The highest BCUT2D eigenvalue weighted by atomic mass is 32.2. The third-order valence-corrected chi connectivity index (χ3v) is 6.04. The molecule has 2 aromatic heterocycles. The van der Waals surface area contributed by atoms with Gasteiger partial charge in [0.25, 0.3) is 0 Å². The SMILES string of the molecule is COc1nc(CNS(=O)(=O)c2ccc(-c3coc(C)n3)cc2)nc(N2CCOCC2)n1. The molecule has 1 fully saturated rings. The topological polar surface area (TPSA) is 133 Å². The van der Waals surface area contributed by atoms with E-state index in [1.54, 1.807) is 19.1 Å². The number of aromatic nitrogens is 4. The fraction of sp³-hybridized carbons (Fsp3) is 0.368. The van der Waals surface area contributed by atoms with Crippen LogP contribution >= 0.6 is 0 Å². The molecule has 1 saturated heterocycles. The van der Waals surface area contributed by atoms with Gasteiger partial charge < -0.3 is 18.8 Å². The average Bonchev–Trinajstić information content (AvgIpc) is 3.24. The second-order valence-corrected chi connectivity index (χ2v) is 8.51. The van der Waals surface area contributed by atoms with Crippen LogP contribution in [0.15, 0.2) is 39.8 Å². The highest BCUT2D eigenvalue weighted by Crippen LogP contribution is 2.21. The summed E-state index contributed by atoms with van der Waals surface area (Å²) in [5.74, 6) is 1.22. The molecule has 3 heterocycles. The van der Waals surface area contributed by atoms with Crippen molar-refractivity contribution in [3.05, 3.63) is 42.2 Å². The van der Waals surface area contributed by atoms with Gasteiger partial charge in [-0.1, -0.05) is 12.1 Å². The predicted octanol–water partition coefficient (Wildman–Crippen LogP) is 1.16. The Kier molecular flexibility index (Phi) is 6.11. The van der Waals surface area contributed by atoms with E-state index in [1.165, 1.54) is 25.5 Å². The molecular formula is C19H22N6O5S. The zero-order valence-corrected chi connectivity index (χ0v) is 17.9. The van der Waals surface area contributed by atoms with E-state index in [4.69, 9.17) is 13.9 Å². The first kappa shape index (κ1) is 21.2. The quantitative estimate of drug-likeness (QED) is 0.564. The van der Waals surface area contributed by atoms with Gasteiger partial charge in [0.1, 0.15) is 12.0 Å². The molecule has 1 aromatic carbocycles. The molecule has 1 aliphatic rings. The van der Waals surface area contributed by atoms with E-state index in [9.17, 15) is 8.42 Å². The summed E-state index contributed by atoms with van der Waals surface area (Å²) in [5.41, 5.74) is 1.40. The molecule has 31 heavy (non-hydrogen) atoms. The zero-order chi connectivity index (χ0) is 21.8. The molecule has 12 heteroatoms. The van der Waals surface area contributed by atoms with Crippen molar-refractivity contribution in [2.75, 3.05) is 38.3 Å². The van der Waals surface area contributed by atoms with Crippen LogP contribution in [-0.2, 0) is 21.3 Å². The number of nitrogens with one attached hydrogen (secondary N) is 1. The van der Waals surface area contributed by atoms with E-state index in [0.29, 0.717) is 43.8 Å². The largest absolute Gasteiger partial charge is 0.467 e. The Balaban J connectivity index is 1.48. The highest BCUT2D eigenvalue weighted by Gasteiger charge is 2.19. The monoisotopic (exact) mass is 446 g/mol. The molecule has 0 bridgehead atoms. The van der Waals surface area contributed by atoms with E-state index >= 15 is 0 Å². The van der Waals surface area contributed by atoms with E-state index in [1.807, 2.05) is 4.90 Å². The molecular weight excluding hydrogens is 424 g/mol. The van der Waals surface area contributed by atoms with Crippen molar-refractivity contribution >= 4 is 16.0 Å². The molecule has 0 amide bonds. The van der Waals surface area contributed by atoms with Crippen LogP contribution in [0.1, 0.15) is 11.7 Å². The van der Waals surface area contributed by atoms with Crippen molar-refractivity contribution < 1.29 is 22.3 Å². The third kappa shape index (κ3) is 4.98. The number of rotatable bonds is 7. The number of hydrogen-bond acceptors (Lipinski definition) is 10. The molecule has 0 spiro atoms. The van der Waals surface area contributed by atoms with Crippen LogP contribution in [-0.4, -0.2) is 61.8 Å². The molecule has 3 aromatic rings. The van der Waals surface area contributed by atoms with Crippen LogP contribution in [0.3, 0.4) is 0 Å². The van der Waals surface area contributed by atoms with Crippen molar-refractivity contribution in [3.63, 3.8) is 0 Å². The number of anilines is 1. The Bertz CT molecular complexity index is 1140. The first-order chi connectivity index (χ1) is 14.9. The summed E-state index contributed by atoms with van der Waals surface area (Å²) in [4.78, 5) is 19.1. The van der Waals surface area contributed by atoms with E-state index in [0.717, 1.165) is 5.56 Å². The fourth-order valence-corrected chi connectivity index (χ4v) is 3.99. The summed E-state index contributed by atoms with van der Waals surface area (Å²) < 4.78 is 43.7. The predicted molar refractivity (Wildman–Crippen MR) is 110 cm³/mol. The highest BCUT2D eigenvalue weighted by molar-refractivity contribution is 7.89. The van der Waals surface area contributed by atoms with Crippen LogP contribution < -0.4 is 14.4 Å². The Morgan fingerprint density at radius 2 is 1.84 bits per heavy atom. The number of sulfonamides is 1. The minimum Gasteiger partial charge on any atom is -0.467 e. The maximum absolute atomic E-state index is 12.7. The Morgan fingerprint density at radius 1 is 1.10 bits per heavy atom. The van der Waals surface area contributed by atoms with Crippen LogP contribution in [0, 0.1) is 6.92 Å². The van der Waals surface area contributed by atoms with Gasteiger partial charge in [-0.2, -0.15) is 15.0 Å². The lowest BCUT2D eigenvalue weighted by molar-refractivity contribution is 0.122. The van der Waals surface area contributed by atoms with Crippen LogP contribution in [0.25, 0.3) is 11.3 Å². The van der Waals surface area contributed by atoms with E-state index in [-0.39, 0.29) is 23.3 Å². The fourth-order valence-electron chi connectivity index (χ4n) is 3.01. The summed E-state index contributed by atoms with van der Waals surface area (Å²) in [6.45, 7) is 4.04. The summed E-state index contributed by atoms with van der Waals surface area (Å²) in [5, 5.41) is 0. The van der Waals surface area contributed by atoms with Gasteiger partial charge in [0.15, 0.2) is 11.7 Å². The number of morpholine rings is 1. The van der Waals surface area contributed by atoms with Gasteiger partial charge >= 0.3 is 6.01 Å². The molecule has 0 unspecified atom stereocenters. The first-order valence-corrected chi connectivity index (χ1v) is 11.1. The summed E-state index contributed by atoms with van der Waals surface area (Å²) >= 11 is 0. The van der Waals surface area contributed by atoms with Gasteiger partial charge in [0.05, 0.1) is 31.8 Å². The second kappa shape index (κ2) is 8.96. The normalized spacial score (nSPS) is 14.6. The number of hydrogen-bond donors (Lipinski definition) is 1. The van der Waals surface area contributed by atoms with Gasteiger partial charge in [-0.15, -0.1) is 0 Å². The number of ether oxygens (including phenoxy) is 2. The number of oxazole rings is 1. The molecule has 11 nitrogen and oxygen atoms in total. The molecule has 164 valence electrons. The second-order valence-electron chi connectivity index (χ2n) is 6.74. The first-order valence-electron chi connectivity index (χ1n) is 9.58. The molecule has 1 N–H and O–H groups in total. The van der Waals surface area contributed by atoms with Crippen LogP contribution in [0.4, 0.5) is 5.95 Å². The van der Waals surface area contributed by atoms with Gasteiger partial charge in [-0.25, -0.2) is 18.1 Å². The average molecular weight is 446 g/mol. The lowest BCUT2D eigenvalue weighted by atomic mass is 10.2. The maximum atomic E-state index is 12.7. The number of methoxy groups -OCH3 is 1. The van der Waals surface area contributed by atoms with Crippen molar-refractivity contribution in [1.82, 2.24) is 24.7 Å². The Labute approximate surface area is 179 Å². The third-order valence-electron chi connectivity index (χ3n) is 4.63. The molecule has 0 aliphatic carbocycles. The summed E-state index contributed by atoms with van der Waals surface area (Å²) in [6, 6.07) is 6.49. The maximum Gasteiger partial charge on any atom is 0.321 e. The van der Waals surface area contributed by atoms with E-state index < -0.39 is 10.0 Å². The molecule has 0 saturated carbocycles. The molecule has 4 rings (SSSR count). The van der Waals surface area contributed by atoms with Crippen molar-refractivity contribution in [2.24, 2.45) is 0 Å². The molecule has 0 radical (unpaired) electrons.